The lowest BCUT2D eigenvalue weighted by atomic mass is 10.1. The Kier molecular flexibility index (Phi) is 3.46. The zero-order valence-corrected chi connectivity index (χ0v) is 12.2. The second kappa shape index (κ2) is 5.31. The predicted octanol–water partition coefficient (Wildman–Crippen LogP) is 2.59. The van der Waals surface area contributed by atoms with Gasteiger partial charge < -0.3 is 9.84 Å². The van der Waals surface area contributed by atoms with E-state index in [-0.39, 0.29) is 22.0 Å². The Labute approximate surface area is 127 Å². The van der Waals surface area contributed by atoms with Crippen molar-refractivity contribution in [3.63, 3.8) is 0 Å². The fourth-order valence-corrected chi connectivity index (χ4v) is 3.95. The number of sulfone groups is 1. The van der Waals surface area contributed by atoms with Crippen LogP contribution in [0.5, 0.6) is 5.75 Å². The molecule has 0 saturated heterocycles. The maximum atomic E-state index is 12.5. The Morgan fingerprint density at radius 2 is 1.77 bits per heavy atom. The van der Waals surface area contributed by atoms with E-state index in [0.717, 1.165) is 0 Å². The lowest BCUT2D eigenvalue weighted by molar-refractivity contribution is 0.0692. The molecule has 112 valence electrons. The first-order valence-corrected chi connectivity index (χ1v) is 7.98. The van der Waals surface area contributed by atoms with Crippen LogP contribution in [0.1, 0.15) is 15.9 Å². The van der Waals surface area contributed by atoms with Crippen molar-refractivity contribution in [2.45, 2.75) is 4.90 Å². The average Bonchev–Trinajstić information content (AvgIpc) is 2.77. The summed E-state index contributed by atoms with van der Waals surface area (Å²) in [4.78, 5) is 11.1. The van der Waals surface area contributed by atoms with Crippen LogP contribution in [0.15, 0.2) is 58.3 Å². The van der Waals surface area contributed by atoms with Crippen molar-refractivity contribution < 1.29 is 23.1 Å². The van der Waals surface area contributed by atoms with Crippen molar-refractivity contribution in [3.8, 4) is 5.75 Å². The summed E-state index contributed by atoms with van der Waals surface area (Å²) >= 11 is 0. The first-order valence-electron chi connectivity index (χ1n) is 6.50. The zero-order valence-electron chi connectivity index (χ0n) is 11.4. The Morgan fingerprint density at radius 3 is 2.45 bits per heavy atom. The van der Waals surface area contributed by atoms with Crippen LogP contribution in [0.3, 0.4) is 0 Å². The maximum Gasteiger partial charge on any atom is 0.337 e. The zero-order chi connectivity index (χ0) is 15.7. The number of carboxylic acid groups (broad SMARTS) is 1. The van der Waals surface area contributed by atoms with Gasteiger partial charge in [-0.05, 0) is 29.8 Å². The van der Waals surface area contributed by atoms with E-state index in [9.17, 15) is 13.2 Å². The summed E-state index contributed by atoms with van der Waals surface area (Å²) < 4.78 is 30.5. The standard InChI is InChI=1S/C16H12O5S/c17-16(18)14-8-4-5-11-9-13(22(19,20)15(11)14)10-21-12-6-2-1-3-7-12/h1-9H,10H2,(H,17,18). The average molecular weight is 316 g/mol. The summed E-state index contributed by atoms with van der Waals surface area (Å²) in [5.74, 6) is -0.716. The van der Waals surface area contributed by atoms with Gasteiger partial charge in [0.25, 0.3) is 0 Å². The number of aromatic carboxylic acids is 1. The van der Waals surface area contributed by atoms with Gasteiger partial charge in [0.1, 0.15) is 12.4 Å². The molecule has 0 aromatic heterocycles. The molecule has 2 aromatic rings. The quantitative estimate of drug-likeness (QED) is 0.937. The third-order valence-corrected chi connectivity index (χ3v) is 5.25. The Bertz CT molecular complexity index is 867. The molecule has 0 aliphatic carbocycles. The van der Waals surface area contributed by atoms with E-state index in [0.29, 0.717) is 11.3 Å². The summed E-state index contributed by atoms with van der Waals surface area (Å²) in [6.45, 7) is -0.139. The van der Waals surface area contributed by atoms with Crippen molar-refractivity contribution in [2.24, 2.45) is 0 Å². The summed E-state index contributed by atoms with van der Waals surface area (Å²) in [5, 5.41) is 9.16. The van der Waals surface area contributed by atoms with Crippen molar-refractivity contribution in [2.75, 3.05) is 6.61 Å². The second-order valence-corrected chi connectivity index (χ2v) is 6.68. The molecule has 0 saturated carbocycles. The molecule has 0 bridgehead atoms. The number of rotatable bonds is 4. The topological polar surface area (TPSA) is 80.7 Å². The number of carbonyl (C=O) groups is 1. The molecule has 1 heterocycles. The summed E-state index contributed by atoms with van der Waals surface area (Å²) in [5.41, 5.74) is 0.162. The molecule has 1 aliphatic heterocycles. The largest absolute Gasteiger partial charge is 0.488 e. The van der Waals surface area contributed by atoms with Gasteiger partial charge in [-0.2, -0.15) is 0 Å². The number of benzene rings is 2. The smallest absolute Gasteiger partial charge is 0.337 e. The Balaban J connectivity index is 1.93. The maximum absolute atomic E-state index is 12.5. The van der Waals surface area contributed by atoms with Crippen LogP contribution in [0.4, 0.5) is 0 Å². The minimum atomic E-state index is -3.84. The van der Waals surface area contributed by atoms with E-state index >= 15 is 0 Å². The van der Waals surface area contributed by atoms with Crippen molar-refractivity contribution in [1.29, 1.82) is 0 Å². The highest BCUT2D eigenvalue weighted by Gasteiger charge is 2.34. The second-order valence-electron chi connectivity index (χ2n) is 4.74. The van der Waals surface area contributed by atoms with Gasteiger partial charge in [-0.15, -0.1) is 0 Å². The van der Waals surface area contributed by atoms with Crippen molar-refractivity contribution >= 4 is 21.9 Å². The predicted molar refractivity (Wildman–Crippen MR) is 80.5 cm³/mol. The van der Waals surface area contributed by atoms with E-state index < -0.39 is 15.8 Å². The highest BCUT2D eigenvalue weighted by Crippen LogP contribution is 2.35. The number of fused-ring (bicyclic) bond motifs is 1. The molecule has 0 atom stereocenters. The van der Waals surface area contributed by atoms with Crippen molar-refractivity contribution in [1.82, 2.24) is 0 Å². The molecule has 2 aromatic carbocycles. The summed E-state index contributed by atoms with van der Waals surface area (Å²) in [6, 6.07) is 13.2. The van der Waals surface area contributed by atoms with Gasteiger partial charge in [-0.1, -0.05) is 30.3 Å². The van der Waals surface area contributed by atoms with Gasteiger partial charge in [0.2, 0.25) is 9.84 Å². The molecule has 6 heteroatoms. The van der Waals surface area contributed by atoms with E-state index in [2.05, 4.69) is 0 Å². The molecule has 5 nitrogen and oxygen atoms in total. The number of ether oxygens (including phenoxy) is 1. The Morgan fingerprint density at radius 1 is 1.05 bits per heavy atom. The molecule has 0 spiro atoms. The highest BCUT2D eigenvalue weighted by atomic mass is 32.2. The number of para-hydroxylation sites is 1. The lowest BCUT2D eigenvalue weighted by Gasteiger charge is -2.08. The van der Waals surface area contributed by atoms with Crippen LogP contribution in [-0.2, 0) is 9.84 Å². The lowest BCUT2D eigenvalue weighted by Crippen LogP contribution is -2.12. The monoisotopic (exact) mass is 316 g/mol. The minimum Gasteiger partial charge on any atom is -0.488 e. The van der Waals surface area contributed by atoms with E-state index in [4.69, 9.17) is 9.84 Å². The van der Waals surface area contributed by atoms with Crippen LogP contribution < -0.4 is 4.74 Å². The highest BCUT2D eigenvalue weighted by molar-refractivity contribution is 7.96. The number of hydrogen-bond acceptors (Lipinski definition) is 4. The molecule has 0 unspecified atom stereocenters. The summed E-state index contributed by atoms with van der Waals surface area (Å²) in [7, 11) is -3.84. The molecule has 22 heavy (non-hydrogen) atoms. The van der Waals surface area contributed by atoms with E-state index in [1.165, 1.54) is 18.2 Å². The number of carboxylic acids is 1. The first-order chi connectivity index (χ1) is 10.5. The minimum absolute atomic E-state index is 0.0556. The van der Waals surface area contributed by atoms with Crippen LogP contribution in [0, 0.1) is 0 Å². The number of hydrogen-bond donors (Lipinski definition) is 1. The van der Waals surface area contributed by atoms with Crippen LogP contribution in [0.25, 0.3) is 6.08 Å². The molecule has 3 rings (SSSR count). The van der Waals surface area contributed by atoms with Gasteiger partial charge in [0.15, 0.2) is 0 Å². The van der Waals surface area contributed by atoms with Crippen LogP contribution >= 0.6 is 0 Å². The van der Waals surface area contributed by atoms with Crippen LogP contribution in [0.2, 0.25) is 0 Å². The van der Waals surface area contributed by atoms with Crippen molar-refractivity contribution in [3.05, 3.63) is 64.6 Å². The van der Waals surface area contributed by atoms with Gasteiger partial charge in [0, 0.05) is 0 Å². The third-order valence-electron chi connectivity index (χ3n) is 3.33. The van der Waals surface area contributed by atoms with E-state index in [1.807, 2.05) is 6.07 Å². The molecule has 1 aliphatic rings. The molecule has 0 fully saturated rings. The normalized spacial score (nSPS) is 15.0. The molecule has 0 amide bonds. The van der Waals surface area contributed by atoms with Gasteiger partial charge in [0.05, 0.1) is 15.4 Å². The molecular formula is C16H12O5S. The molecular weight excluding hydrogens is 304 g/mol. The van der Waals surface area contributed by atoms with Crippen LogP contribution in [-0.4, -0.2) is 26.1 Å². The Hall–Kier alpha value is -2.60. The van der Waals surface area contributed by atoms with Gasteiger partial charge >= 0.3 is 5.97 Å². The molecule has 1 N–H and O–H groups in total. The SMILES string of the molecule is O=C(O)c1cccc2c1S(=O)(=O)C(COc1ccccc1)=C2. The summed E-state index contributed by atoms with van der Waals surface area (Å²) in [6.07, 6.45) is 1.46. The van der Waals surface area contributed by atoms with Gasteiger partial charge in [-0.25, -0.2) is 13.2 Å². The first kappa shape index (κ1) is 14.3. The molecule has 0 radical (unpaired) electrons. The third kappa shape index (κ3) is 2.37. The van der Waals surface area contributed by atoms with Gasteiger partial charge in [-0.3, -0.25) is 0 Å². The fourth-order valence-electron chi connectivity index (χ4n) is 2.31. The fraction of sp³-hybridized carbons (Fsp3) is 0.0625. The van der Waals surface area contributed by atoms with E-state index in [1.54, 1.807) is 30.3 Å².